The van der Waals surface area contributed by atoms with Crippen molar-refractivity contribution in [2.24, 2.45) is 21.6 Å². The van der Waals surface area contributed by atoms with Gasteiger partial charge in [-0.05, 0) is 12.8 Å². The van der Waals surface area contributed by atoms with Crippen molar-refractivity contribution in [3.63, 3.8) is 0 Å². The molecule has 4 rings (SSSR count). The molecule has 176 valence electrons. The van der Waals surface area contributed by atoms with Crippen LogP contribution in [0.2, 0.25) is 0 Å². The topological polar surface area (TPSA) is 101 Å². The molecule has 1 aromatic heterocycles. The maximum absolute atomic E-state index is 14.1. The molecule has 13 heteroatoms. The SMILES string of the molecule is CC(F)(F)c1cncc(C2(C3CCC(F)(F)C3)N=C(N)N=C(NC3CCC(F)(F)C3)N2)n1. The lowest BCUT2D eigenvalue weighted by molar-refractivity contribution is -0.00114. The number of hydrogen-bond acceptors (Lipinski definition) is 7. The van der Waals surface area contributed by atoms with Gasteiger partial charge in [-0.15, -0.1) is 0 Å². The maximum Gasteiger partial charge on any atom is 0.288 e. The number of aromatic nitrogens is 2. The van der Waals surface area contributed by atoms with Crippen molar-refractivity contribution in [1.82, 2.24) is 20.6 Å². The van der Waals surface area contributed by atoms with Crippen LogP contribution >= 0.6 is 0 Å². The molecule has 2 heterocycles. The number of nitrogens with one attached hydrogen (secondary N) is 2. The Morgan fingerprint density at radius 3 is 2.38 bits per heavy atom. The summed E-state index contributed by atoms with van der Waals surface area (Å²) >= 11 is 0. The van der Waals surface area contributed by atoms with Crippen molar-refractivity contribution in [3.05, 3.63) is 23.8 Å². The molecule has 7 nitrogen and oxygen atoms in total. The number of rotatable bonds is 4. The fourth-order valence-corrected chi connectivity index (χ4v) is 4.48. The Balaban J connectivity index is 1.72. The van der Waals surface area contributed by atoms with Crippen LogP contribution < -0.4 is 16.4 Å². The zero-order chi connectivity index (χ0) is 23.4. The second-order valence-electron chi connectivity index (χ2n) is 8.74. The summed E-state index contributed by atoms with van der Waals surface area (Å²) in [4.78, 5) is 16.0. The molecule has 3 aliphatic rings. The molecule has 2 aliphatic carbocycles. The van der Waals surface area contributed by atoms with Gasteiger partial charge in [0, 0.05) is 44.6 Å². The third-order valence-corrected chi connectivity index (χ3v) is 6.04. The highest BCUT2D eigenvalue weighted by Gasteiger charge is 2.54. The molecule has 1 aliphatic heterocycles. The zero-order valence-corrected chi connectivity index (χ0v) is 17.2. The van der Waals surface area contributed by atoms with E-state index in [1.165, 1.54) is 0 Å². The number of hydrogen-bond donors (Lipinski definition) is 3. The van der Waals surface area contributed by atoms with Crippen molar-refractivity contribution in [2.45, 2.75) is 74.9 Å². The molecule has 3 atom stereocenters. The third kappa shape index (κ3) is 4.46. The summed E-state index contributed by atoms with van der Waals surface area (Å²) in [5.41, 5.74) is 3.32. The van der Waals surface area contributed by atoms with E-state index in [2.05, 4.69) is 30.6 Å². The molecule has 32 heavy (non-hydrogen) atoms. The lowest BCUT2D eigenvalue weighted by Gasteiger charge is -2.39. The Morgan fingerprint density at radius 1 is 1.09 bits per heavy atom. The van der Waals surface area contributed by atoms with E-state index in [4.69, 9.17) is 5.73 Å². The van der Waals surface area contributed by atoms with Gasteiger partial charge in [0.2, 0.25) is 23.8 Å². The number of alkyl halides is 6. The highest BCUT2D eigenvalue weighted by molar-refractivity contribution is 5.96. The lowest BCUT2D eigenvalue weighted by atomic mass is 9.87. The van der Waals surface area contributed by atoms with E-state index >= 15 is 0 Å². The van der Waals surface area contributed by atoms with Crippen LogP contribution in [0.4, 0.5) is 26.3 Å². The zero-order valence-electron chi connectivity index (χ0n) is 17.2. The van der Waals surface area contributed by atoms with E-state index in [9.17, 15) is 26.3 Å². The predicted octanol–water partition coefficient (Wildman–Crippen LogP) is 3.23. The fraction of sp³-hybridized carbons (Fsp3) is 0.684. The van der Waals surface area contributed by atoms with Gasteiger partial charge in [-0.2, -0.15) is 13.8 Å². The average Bonchev–Trinajstić information content (AvgIpc) is 3.21. The number of guanidine groups is 2. The van der Waals surface area contributed by atoms with Gasteiger partial charge in [0.1, 0.15) is 11.4 Å². The quantitative estimate of drug-likeness (QED) is 0.596. The second kappa shape index (κ2) is 7.48. The smallest absolute Gasteiger partial charge is 0.288 e. The van der Waals surface area contributed by atoms with Crippen molar-refractivity contribution in [1.29, 1.82) is 0 Å². The van der Waals surface area contributed by atoms with Gasteiger partial charge in [-0.1, -0.05) is 0 Å². The highest BCUT2D eigenvalue weighted by atomic mass is 19.3. The van der Waals surface area contributed by atoms with E-state index in [-0.39, 0.29) is 36.9 Å². The molecule has 0 bridgehead atoms. The first kappa shape index (κ1) is 22.6. The Hall–Kier alpha value is -2.60. The summed E-state index contributed by atoms with van der Waals surface area (Å²) in [6.45, 7) is 0.637. The minimum Gasteiger partial charge on any atom is -0.368 e. The van der Waals surface area contributed by atoms with Crippen molar-refractivity contribution in [2.75, 3.05) is 0 Å². The first-order valence-electron chi connectivity index (χ1n) is 10.2. The van der Waals surface area contributed by atoms with Gasteiger partial charge in [0.25, 0.3) is 5.92 Å². The van der Waals surface area contributed by atoms with Gasteiger partial charge in [0.05, 0.1) is 12.4 Å². The summed E-state index contributed by atoms with van der Waals surface area (Å²) in [6, 6.07) is -0.637. The largest absolute Gasteiger partial charge is 0.368 e. The van der Waals surface area contributed by atoms with Gasteiger partial charge >= 0.3 is 0 Å². The molecule has 2 saturated carbocycles. The van der Waals surface area contributed by atoms with Gasteiger partial charge in [-0.25, -0.2) is 27.5 Å². The van der Waals surface area contributed by atoms with Crippen LogP contribution in [-0.4, -0.2) is 39.8 Å². The minimum atomic E-state index is -3.33. The highest BCUT2D eigenvalue weighted by Crippen LogP contribution is 2.48. The molecule has 0 radical (unpaired) electrons. The molecule has 2 fully saturated rings. The monoisotopic (exact) mass is 463 g/mol. The third-order valence-electron chi connectivity index (χ3n) is 6.04. The Kier molecular flexibility index (Phi) is 5.28. The predicted molar refractivity (Wildman–Crippen MR) is 103 cm³/mol. The molecule has 4 N–H and O–H groups in total. The van der Waals surface area contributed by atoms with Crippen LogP contribution in [0.25, 0.3) is 0 Å². The van der Waals surface area contributed by atoms with Crippen LogP contribution in [0.3, 0.4) is 0 Å². The second-order valence-corrected chi connectivity index (χ2v) is 8.74. The number of nitrogens with zero attached hydrogens (tertiary/aromatic N) is 4. The summed E-state index contributed by atoms with van der Waals surface area (Å²) in [7, 11) is 0. The van der Waals surface area contributed by atoms with Crippen LogP contribution in [0.5, 0.6) is 0 Å². The summed E-state index contributed by atoms with van der Waals surface area (Å²) in [6.07, 6.45) is 0.433. The molecule has 0 spiro atoms. The molecule has 3 unspecified atom stereocenters. The average molecular weight is 463 g/mol. The Bertz CT molecular complexity index is 944. The van der Waals surface area contributed by atoms with Crippen LogP contribution in [0, 0.1) is 5.92 Å². The van der Waals surface area contributed by atoms with Crippen molar-refractivity contribution < 1.29 is 26.3 Å². The molecule has 1 aromatic rings. The van der Waals surface area contributed by atoms with Crippen molar-refractivity contribution >= 4 is 11.9 Å². The van der Waals surface area contributed by atoms with Crippen molar-refractivity contribution in [3.8, 4) is 0 Å². The summed E-state index contributed by atoms with van der Waals surface area (Å²) < 4.78 is 83.3. The first-order valence-corrected chi connectivity index (χ1v) is 10.2. The standard InChI is InChI=1S/C19H23F6N7/c1-16(20,21)12-8-27-9-13(29-12)19(10-2-4-17(22,23)6-10)31-14(26)30-15(32-19)28-11-3-5-18(24,25)7-11/h8-11H,2-7H2,1H3,(H4,26,28,30,31,32). The molecule has 0 amide bonds. The number of aliphatic imine (C=N–C) groups is 2. The summed E-state index contributed by atoms with van der Waals surface area (Å²) in [5, 5.41) is 5.70. The summed E-state index contributed by atoms with van der Waals surface area (Å²) in [5.74, 6) is -10.4. The Labute approximate surface area is 180 Å². The van der Waals surface area contributed by atoms with E-state index in [1.54, 1.807) is 0 Å². The van der Waals surface area contributed by atoms with Crippen LogP contribution in [-0.2, 0) is 11.6 Å². The molecular weight excluding hydrogens is 440 g/mol. The molecule has 0 saturated heterocycles. The van der Waals surface area contributed by atoms with E-state index in [0.717, 1.165) is 12.4 Å². The fourth-order valence-electron chi connectivity index (χ4n) is 4.48. The first-order chi connectivity index (χ1) is 14.8. The lowest BCUT2D eigenvalue weighted by Crippen LogP contribution is -2.58. The Morgan fingerprint density at radius 2 is 1.78 bits per heavy atom. The van der Waals surface area contributed by atoms with Gasteiger partial charge in [-0.3, -0.25) is 4.98 Å². The van der Waals surface area contributed by atoms with Gasteiger partial charge in [0.15, 0.2) is 5.66 Å². The van der Waals surface area contributed by atoms with E-state index < -0.39 is 60.3 Å². The molecular formula is C19H23F6N7. The van der Waals surface area contributed by atoms with Crippen LogP contribution in [0.1, 0.15) is 56.8 Å². The minimum absolute atomic E-state index is 0.0000147. The van der Waals surface area contributed by atoms with E-state index in [1.807, 2.05) is 0 Å². The van der Waals surface area contributed by atoms with Crippen LogP contribution in [0.15, 0.2) is 22.4 Å². The number of nitrogens with two attached hydrogens (primary N) is 1. The van der Waals surface area contributed by atoms with E-state index in [0.29, 0.717) is 6.92 Å². The maximum atomic E-state index is 14.1. The molecule has 0 aromatic carbocycles. The van der Waals surface area contributed by atoms with Gasteiger partial charge < -0.3 is 16.4 Å². The number of halogens is 6. The normalized spacial score (nSPS) is 31.6.